The Kier molecular flexibility index (Phi) is 8.39. The second-order valence-corrected chi connectivity index (χ2v) is 13.8. The molecule has 16 heteroatoms. The fourth-order valence-electron chi connectivity index (χ4n) is 5.45. The van der Waals surface area contributed by atoms with E-state index in [9.17, 15) is 18.3 Å². The summed E-state index contributed by atoms with van der Waals surface area (Å²) >= 11 is 16.9. The minimum atomic E-state index is -4.76. The van der Waals surface area contributed by atoms with Crippen LogP contribution in [0.2, 0.25) is 0 Å². The van der Waals surface area contributed by atoms with Crippen molar-refractivity contribution >= 4 is 83.4 Å². The van der Waals surface area contributed by atoms with Gasteiger partial charge in [-0.3, -0.25) is 0 Å². The number of aromatic hydroxyl groups is 1. The molecule has 47 heavy (non-hydrogen) atoms. The molecule has 0 fully saturated rings. The highest BCUT2D eigenvalue weighted by molar-refractivity contribution is 7.82. The third-order valence-electron chi connectivity index (χ3n) is 7.38. The normalized spacial score (nSPS) is 12.2. The van der Waals surface area contributed by atoms with E-state index in [1.807, 2.05) is 6.07 Å². The number of ether oxygens (including phenoxy) is 4. The van der Waals surface area contributed by atoms with Crippen molar-refractivity contribution in [3.63, 3.8) is 0 Å². The molecule has 0 amide bonds. The summed E-state index contributed by atoms with van der Waals surface area (Å²) in [6.07, 6.45) is 1.71. The highest BCUT2D eigenvalue weighted by Gasteiger charge is 2.28. The molecule has 0 aliphatic carbocycles. The van der Waals surface area contributed by atoms with E-state index < -0.39 is 26.4 Å². The van der Waals surface area contributed by atoms with Crippen LogP contribution in [0.4, 0.5) is 0 Å². The Morgan fingerprint density at radius 1 is 0.809 bits per heavy atom. The van der Waals surface area contributed by atoms with Crippen molar-refractivity contribution in [2.24, 2.45) is 0 Å². The van der Waals surface area contributed by atoms with Crippen LogP contribution in [-0.4, -0.2) is 56.8 Å². The number of hydrogen-bond donors (Lipinski definition) is 1. The third kappa shape index (κ3) is 5.89. The number of methoxy groups -OCH3 is 4. The van der Waals surface area contributed by atoms with Crippen LogP contribution in [0, 0.1) is 0 Å². The lowest BCUT2D eigenvalue weighted by molar-refractivity contribution is 0.275. The predicted octanol–water partition coefficient (Wildman–Crippen LogP) is 6.77. The number of nitrogens with zero attached hydrogens (tertiary/aromatic N) is 1. The van der Waals surface area contributed by atoms with E-state index >= 15 is 0 Å². The highest BCUT2D eigenvalue weighted by Crippen LogP contribution is 2.46. The van der Waals surface area contributed by atoms with E-state index in [0.29, 0.717) is 44.3 Å². The van der Waals surface area contributed by atoms with Gasteiger partial charge in [0.1, 0.15) is 17.7 Å². The van der Waals surface area contributed by atoms with Crippen LogP contribution in [0.3, 0.4) is 0 Å². The van der Waals surface area contributed by atoms with Crippen molar-refractivity contribution < 1.29 is 45.3 Å². The Balaban J connectivity index is 1.73. The zero-order valence-electron chi connectivity index (χ0n) is 24.9. The quantitative estimate of drug-likeness (QED) is 0.125. The molecule has 0 aliphatic rings. The number of halogens is 3. The van der Waals surface area contributed by atoms with Crippen molar-refractivity contribution in [2.75, 3.05) is 35.0 Å². The minimum Gasteiger partial charge on any atom is -0.504 e. The first-order chi connectivity index (χ1) is 22.3. The van der Waals surface area contributed by atoms with Gasteiger partial charge in [0.15, 0.2) is 34.5 Å². The lowest BCUT2D eigenvalue weighted by Crippen LogP contribution is -2.21. The van der Waals surface area contributed by atoms with Crippen molar-refractivity contribution in [2.45, 2.75) is 3.79 Å². The van der Waals surface area contributed by atoms with Crippen LogP contribution in [0.15, 0.2) is 63.9 Å². The summed E-state index contributed by atoms with van der Waals surface area (Å²) in [5.41, 5.74) is 0.981. The van der Waals surface area contributed by atoms with Crippen molar-refractivity contribution in [3.05, 3.63) is 65.1 Å². The molecule has 0 saturated carbocycles. The first-order valence-electron chi connectivity index (χ1n) is 13.5. The average molecular weight is 725 g/mol. The molecule has 0 bridgehead atoms. The summed E-state index contributed by atoms with van der Waals surface area (Å²) in [6.45, 7) is -0.828. The van der Waals surface area contributed by atoms with Crippen LogP contribution >= 0.6 is 34.8 Å². The van der Waals surface area contributed by atoms with Gasteiger partial charge in [-0.2, -0.15) is 8.42 Å². The second-order valence-electron chi connectivity index (χ2n) is 10.1. The third-order valence-corrected chi connectivity index (χ3v) is 8.49. The first kappa shape index (κ1) is 32.7. The number of phenolic OH excluding ortho intramolecular Hbond substituents is 1. The van der Waals surface area contributed by atoms with Crippen LogP contribution in [0.1, 0.15) is 0 Å². The molecule has 3 heterocycles. The van der Waals surface area contributed by atoms with Crippen LogP contribution < -0.4 is 28.8 Å². The number of hydrogen-bond acceptors (Lipinski definition) is 11. The molecular formula is C31H24Cl3NO11S. The van der Waals surface area contributed by atoms with E-state index in [1.165, 1.54) is 46.6 Å². The maximum Gasteiger partial charge on any atom is 0.449 e. The van der Waals surface area contributed by atoms with E-state index in [-0.39, 0.29) is 34.1 Å². The molecule has 0 unspecified atom stereocenters. The van der Waals surface area contributed by atoms with Crippen LogP contribution in [-0.2, 0) is 14.6 Å². The van der Waals surface area contributed by atoms with Gasteiger partial charge in [0, 0.05) is 34.0 Å². The molecular weight excluding hydrogens is 701 g/mol. The number of aromatic nitrogens is 1. The maximum absolute atomic E-state index is 13.8. The summed E-state index contributed by atoms with van der Waals surface area (Å²) in [5, 5.41) is 13.0. The van der Waals surface area contributed by atoms with Gasteiger partial charge in [-0.15, -0.1) is 0 Å². The van der Waals surface area contributed by atoms with E-state index in [4.69, 9.17) is 62.4 Å². The number of pyridine rings is 1. The summed E-state index contributed by atoms with van der Waals surface area (Å²) in [5.74, 6) is 0.631. The fourth-order valence-corrected chi connectivity index (χ4v) is 6.53. The molecule has 0 radical (unpaired) electrons. The van der Waals surface area contributed by atoms with E-state index in [0.717, 1.165) is 5.39 Å². The van der Waals surface area contributed by atoms with Gasteiger partial charge in [-0.05, 0) is 47.3 Å². The molecule has 0 aliphatic heterocycles. The molecule has 0 saturated heterocycles. The summed E-state index contributed by atoms with van der Waals surface area (Å²) in [4.78, 5) is 13.8. The fraction of sp³-hybridized carbons (Fsp3) is 0.194. The monoisotopic (exact) mass is 723 g/mol. The molecule has 1 N–H and O–H groups in total. The van der Waals surface area contributed by atoms with Gasteiger partial charge in [0.2, 0.25) is 3.79 Å². The van der Waals surface area contributed by atoms with Gasteiger partial charge in [0.25, 0.3) is 0 Å². The van der Waals surface area contributed by atoms with E-state index in [1.54, 1.807) is 34.9 Å². The Hall–Kier alpha value is -4.27. The number of alkyl halides is 3. The van der Waals surface area contributed by atoms with Gasteiger partial charge in [-0.1, -0.05) is 40.9 Å². The lowest BCUT2D eigenvalue weighted by Gasteiger charge is -2.14. The summed E-state index contributed by atoms with van der Waals surface area (Å²) in [6, 6.07) is 12.9. The average Bonchev–Trinajstić information content (AvgIpc) is 3.39. The molecule has 12 nitrogen and oxygen atoms in total. The second kappa shape index (κ2) is 12.1. The van der Waals surface area contributed by atoms with Gasteiger partial charge in [-0.25, -0.2) is 8.98 Å². The zero-order chi connectivity index (χ0) is 33.8. The smallest absolute Gasteiger partial charge is 0.449 e. The topological polar surface area (TPSA) is 144 Å². The van der Waals surface area contributed by atoms with Crippen molar-refractivity contribution in [1.29, 1.82) is 0 Å². The number of fused-ring (bicyclic) bond motifs is 7. The molecule has 6 aromatic rings. The molecule has 3 aromatic carbocycles. The molecule has 6 rings (SSSR count). The standard InChI is InChI=1S/C31H24Cl3NO11S/c1-40-20-6-5-16(9-19(20)36)26-27-18-12-24(43-4)25(46-47(38,39)44-14-31(32,33)34)13-21(18)45-30(37)29(27)35-8-7-15-10-22(41-2)23(42-3)11-17(15)28(26)35/h5-13,36H,14H2,1-4H3. The Morgan fingerprint density at radius 3 is 2.09 bits per heavy atom. The van der Waals surface area contributed by atoms with Crippen molar-refractivity contribution in [1.82, 2.24) is 4.40 Å². The largest absolute Gasteiger partial charge is 0.504 e. The molecule has 0 atom stereocenters. The summed E-state index contributed by atoms with van der Waals surface area (Å²) < 4.78 is 62.1. The van der Waals surface area contributed by atoms with Crippen LogP contribution in [0.5, 0.6) is 34.5 Å². The molecule has 0 spiro atoms. The van der Waals surface area contributed by atoms with Crippen LogP contribution in [0.25, 0.3) is 49.3 Å². The number of phenols is 1. The molecule has 3 aromatic heterocycles. The first-order valence-corrected chi connectivity index (χ1v) is 16.0. The lowest BCUT2D eigenvalue weighted by atomic mass is 9.98. The predicted molar refractivity (Wildman–Crippen MR) is 178 cm³/mol. The molecule has 246 valence electrons. The Morgan fingerprint density at radius 2 is 1.45 bits per heavy atom. The van der Waals surface area contributed by atoms with Gasteiger partial charge >= 0.3 is 16.0 Å². The van der Waals surface area contributed by atoms with Gasteiger partial charge < -0.3 is 37.1 Å². The Labute approximate surface area is 281 Å². The van der Waals surface area contributed by atoms with Crippen molar-refractivity contribution in [3.8, 4) is 45.6 Å². The zero-order valence-corrected chi connectivity index (χ0v) is 28.0. The highest BCUT2D eigenvalue weighted by atomic mass is 35.6. The SMILES string of the molecule is COc1ccc(-c2c3c4cc(OC)c(OS(=O)(=O)OCC(Cl)(Cl)Cl)cc4oc(=O)c3n3ccc4cc(OC)c(OC)cc4c23)cc1O. The van der Waals surface area contributed by atoms with E-state index in [2.05, 4.69) is 4.18 Å². The number of benzene rings is 3. The Bertz CT molecular complexity index is 2380. The minimum absolute atomic E-state index is 0.0478. The summed E-state index contributed by atoms with van der Waals surface area (Å²) in [7, 11) is 1.00. The number of rotatable bonds is 9. The maximum atomic E-state index is 13.8. The van der Waals surface area contributed by atoms with Gasteiger partial charge in [0.05, 0.1) is 34.0 Å².